The third-order valence-electron chi connectivity index (χ3n) is 0.877. The highest BCUT2D eigenvalue weighted by atomic mass is 15.2. The number of allylic oxidation sites excluding steroid dienone is 1. The van der Waals surface area contributed by atoms with Crippen LogP contribution in [0.3, 0.4) is 0 Å². The first kappa shape index (κ1) is 8.05. The van der Waals surface area contributed by atoms with Crippen LogP contribution in [-0.4, -0.2) is 5.54 Å². The van der Waals surface area contributed by atoms with Gasteiger partial charge in [0.25, 0.3) is 0 Å². The first-order chi connectivity index (χ1) is 4.12. The summed E-state index contributed by atoms with van der Waals surface area (Å²) in [5.74, 6) is 0. The Balaban J connectivity index is 4.18. The van der Waals surface area contributed by atoms with Crippen molar-refractivity contribution in [3.8, 4) is 0 Å². The molecule has 50 valence electrons. The fourth-order valence-electron chi connectivity index (χ4n) is 0.556. The Morgan fingerprint density at radius 1 is 1.56 bits per heavy atom. The van der Waals surface area contributed by atoms with Crippen LogP contribution in [0.4, 0.5) is 0 Å². The van der Waals surface area contributed by atoms with Gasteiger partial charge in [-0.3, -0.25) is 0 Å². The van der Waals surface area contributed by atoms with E-state index in [1.54, 1.807) is 0 Å². The molecular weight excluding hydrogens is 114 g/mol. The van der Waals surface area contributed by atoms with Crippen molar-refractivity contribution in [1.82, 2.24) is 0 Å². The van der Waals surface area contributed by atoms with Crippen LogP contribution in [0.15, 0.2) is 17.3 Å². The molecule has 0 heterocycles. The molecule has 0 spiro atoms. The molecule has 0 aromatic heterocycles. The molecule has 0 aliphatic rings. The van der Waals surface area contributed by atoms with Gasteiger partial charge in [-0.2, -0.15) is 0 Å². The molecule has 0 saturated carbocycles. The van der Waals surface area contributed by atoms with Crippen LogP contribution in [0.2, 0.25) is 0 Å². The quantitative estimate of drug-likeness (QED) is 0.236. The largest absolute Gasteiger partial charge is 0.0910 e. The molecule has 0 aliphatic heterocycles. The fraction of sp³-hybridized carbons (Fsp3) is 0.667. The predicted molar refractivity (Wildman–Crippen MR) is 38.0 cm³/mol. The third-order valence-corrected chi connectivity index (χ3v) is 0.877. The lowest BCUT2D eigenvalue weighted by molar-refractivity contribution is 0.647. The molecule has 0 rings (SSSR count). The Morgan fingerprint density at radius 2 is 2.11 bits per heavy atom. The number of azide groups is 1. The SMILES string of the molecule is C/C=C\C(C)(C)N=[N+]=[N-]. The lowest BCUT2D eigenvalue weighted by atomic mass is 10.1. The van der Waals surface area contributed by atoms with E-state index in [1.807, 2.05) is 32.9 Å². The first-order valence-corrected chi connectivity index (χ1v) is 2.82. The van der Waals surface area contributed by atoms with Gasteiger partial charge < -0.3 is 0 Å². The average Bonchev–Trinajstić information content (AvgIpc) is 1.64. The molecule has 0 radical (unpaired) electrons. The zero-order chi connectivity index (χ0) is 7.33. The lowest BCUT2D eigenvalue weighted by Crippen LogP contribution is -2.09. The van der Waals surface area contributed by atoms with E-state index in [-0.39, 0.29) is 5.54 Å². The molecular formula is C6H11N3. The summed E-state index contributed by atoms with van der Waals surface area (Å²) in [6.45, 7) is 5.61. The van der Waals surface area contributed by atoms with Gasteiger partial charge in [0.05, 0.1) is 5.54 Å². The number of rotatable bonds is 2. The predicted octanol–water partition coefficient (Wildman–Crippen LogP) is 2.65. The number of nitrogens with zero attached hydrogens (tertiary/aromatic N) is 3. The van der Waals surface area contributed by atoms with Gasteiger partial charge in [-0.15, -0.1) is 0 Å². The minimum atomic E-state index is -0.372. The Labute approximate surface area is 55.0 Å². The number of hydrogen-bond acceptors (Lipinski definition) is 1. The van der Waals surface area contributed by atoms with Gasteiger partial charge >= 0.3 is 0 Å². The summed E-state index contributed by atoms with van der Waals surface area (Å²) in [6.07, 6.45) is 3.72. The molecule has 0 N–H and O–H groups in total. The van der Waals surface area contributed by atoms with E-state index < -0.39 is 0 Å². The molecule has 0 unspecified atom stereocenters. The fourth-order valence-corrected chi connectivity index (χ4v) is 0.556. The van der Waals surface area contributed by atoms with E-state index in [0.717, 1.165) is 0 Å². The molecule has 0 fully saturated rings. The van der Waals surface area contributed by atoms with Crippen molar-refractivity contribution in [3.05, 3.63) is 22.6 Å². The van der Waals surface area contributed by atoms with Crippen molar-refractivity contribution in [2.75, 3.05) is 0 Å². The van der Waals surface area contributed by atoms with Crippen molar-refractivity contribution < 1.29 is 0 Å². The van der Waals surface area contributed by atoms with Crippen molar-refractivity contribution in [2.24, 2.45) is 5.11 Å². The highest BCUT2D eigenvalue weighted by molar-refractivity contribution is 4.99. The van der Waals surface area contributed by atoms with Gasteiger partial charge in [-0.1, -0.05) is 31.1 Å². The molecule has 0 saturated heterocycles. The Bertz CT molecular complexity index is 152. The molecule has 0 aromatic carbocycles. The summed E-state index contributed by atoms with van der Waals surface area (Å²) in [4.78, 5) is 2.70. The summed E-state index contributed by atoms with van der Waals surface area (Å²) >= 11 is 0. The third kappa shape index (κ3) is 3.62. The summed E-state index contributed by atoms with van der Waals surface area (Å²) in [7, 11) is 0. The molecule has 0 atom stereocenters. The molecule has 9 heavy (non-hydrogen) atoms. The van der Waals surface area contributed by atoms with Crippen LogP contribution in [-0.2, 0) is 0 Å². The molecule has 3 nitrogen and oxygen atoms in total. The van der Waals surface area contributed by atoms with Gasteiger partial charge in [0.15, 0.2) is 0 Å². The van der Waals surface area contributed by atoms with Gasteiger partial charge in [0.1, 0.15) is 0 Å². The van der Waals surface area contributed by atoms with E-state index in [9.17, 15) is 0 Å². The van der Waals surface area contributed by atoms with Crippen molar-refractivity contribution in [3.63, 3.8) is 0 Å². The number of hydrogen-bond donors (Lipinski definition) is 0. The minimum Gasteiger partial charge on any atom is -0.0910 e. The second-order valence-corrected chi connectivity index (χ2v) is 2.34. The monoisotopic (exact) mass is 125 g/mol. The van der Waals surface area contributed by atoms with E-state index in [1.165, 1.54) is 0 Å². The van der Waals surface area contributed by atoms with Gasteiger partial charge in [0.2, 0.25) is 0 Å². The van der Waals surface area contributed by atoms with Crippen LogP contribution < -0.4 is 0 Å². The molecule has 0 aromatic rings. The smallest absolute Gasteiger partial charge is 0.0611 e. The molecule has 3 heteroatoms. The molecule has 0 aliphatic carbocycles. The van der Waals surface area contributed by atoms with E-state index in [0.29, 0.717) is 0 Å². The zero-order valence-electron chi connectivity index (χ0n) is 6.00. The first-order valence-electron chi connectivity index (χ1n) is 2.82. The van der Waals surface area contributed by atoms with Gasteiger partial charge in [-0.05, 0) is 12.5 Å². The lowest BCUT2D eigenvalue weighted by Gasteiger charge is -2.09. The maximum absolute atomic E-state index is 8.05. The second-order valence-electron chi connectivity index (χ2n) is 2.34. The van der Waals surface area contributed by atoms with E-state index in [4.69, 9.17) is 5.53 Å². The normalized spacial score (nSPS) is 11.4. The Hall–Kier alpha value is -0.950. The summed E-state index contributed by atoms with van der Waals surface area (Å²) < 4.78 is 0. The van der Waals surface area contributed by atoms with Crippen LogP contribution in [0, 0.1) is 0 Å². The highest BCUT2D eigenvalue weighted by Gasteiger charge is 2.08. The van der Waals surface area contributed by atoms with Gasteiger partial charge in [0, 0.05) is 4.91 Å². The highest BCUT2D eigenvalue weighted by Crippen LogP contribution is 2.09. The van der Waals surface area contributed by atoms with Crippen molar-refractivity contribution >= 4 is 0 Å². The summed E-state index contributed by atoms with van der Waals surface area (Å²) in [6, 6.07) is 0. The maximum Gasteiger partial charge on any atom is 0.0611 e. The van der Waals surface area contributed by atoms with Crippen LogP contribution in [0.5, 0.6) is 0 Å². The topological polar surface area (TPSA) is 48.8 Å². The molecule has 0 amide bonds. The summed E-state index contributed by atoms with van der Waals surface area (Å²) in [5.41, 5.74) is 7.68. The van der Waals surface area contributed by atoms with Gasteiger partial charge in [-0.25, -0.2) is 0 Å². The van der Waals surface area contributed by atoms with Crippen LogP contribution in [0.1, 0.15) is 20.8 Å². The van der Waals surface area contributed by atoms with Crippen molar-refractivity contribution in [2.45, 2.75) is 26.3 Å². The summed E-state index contributed by atoms with van der Waals surface area (Å²) in [5, 5.41) is 3.54. The zero-order valence-corrected chi connectivity index (χ0v) is 6.00. The van der Waals surface area contributed by atoms with E-state index in [2.05, 4.69) is 10.0 Å². The minimum absolute atomic E-state index is 0.372. The van der Waals surface area contributed by atoms with E-state index >= 15 is 0 Å². The molecule has 0 bridgehead atoms. The second kappa shape index (κ2) is 3.15. The average molecular weight is 125 g/mol. The van der Waals surface area contributed by atoms with Crippen LogP contribution in [0.25, 0.3) is 10.4 Å². The van der Waals surface area contributed by atoms with Crippen molar-refractivity contribution in [1.29, 1.82) is 0 Å². The van der Waals surface area contributed by atoms with Crippen LogP contribution >= 0.6 is 0 Å². The Morgan fingerprint density at radius 3 is 2.44 bits per heavy atom. The maximum atomic E-state index is 8.05. The standard InChI is InChI=1S/C6H11N3/c1-4-5-6(2,3)8-9-7/h4-5H,1-3H3/b5-4-. The Kier molecular flexibility index (Phi) is 2.82.